The van der Waals surface area contributed by atoms with Crippen molar-refractivity contribution in [1.29, 1.82) is 0 Å². The molecule has 7 heteroatoms. The fraction of sp³-hybridized carbons (Fsp3) is 0.625. The Bertz CT molecular complexity index is 643. The minimum absolute atomic E-state index is 0.0180. The molecule has 0 bridgehead atoms. The van der Waals surface area contributed by atoms with Crippen molar-refractivity contribution in [1.82, 2.24) is 9.88 Å². The Morgan fingerprint density at radius 1 is 1.35 bits per heavy atom. The van der Waals surface area contributed by atoms with E-state index in [0.29, 0.717) is 12.1 Å². The number of nitrogens with zero attached hydrogens (tertiary/aromatic N) is 3. The van der Waals surface area contributed by atoms with Crippen LogP contribution in [0.2, 0.25) is 0 Å². The first-order valence-corrected chi connectivity index (χ1v) is 9.81. The van der Waals surface area contributed by atoms with Crippen molar-refractivity contribution in [3.8, 4) is 0 Å². The predicted octanol–water partition coefficient (Wildman–Crippen LogP) is 1.58. The summed E-state index contributed by atoms with van der Waals surface area (Å²) in [6.07, 6.45) is 4.30. The lowest BCUT2D eigenvalue weighted by Crippen LogP contribution is -2.33. The van der Waals surface area contributed by atoms with Crippen molar-refractivity contribution in [2.45, 2.75) is 32.2 Å². The van der Waals surface area contributed by atoms with E-state index in [1.165, 1.54) is 0 Å². The largest absolute Gasteiger partial charge is 0.369 e. The van der Waals surface area contributed by atoms with Crippen LogP contribution < -0.4 is 4.90 Å². The fourth-order valence-electron chi connectivity index (χ4n) is 2.71. The standard InChI is InChI=1S/C16H25N3O3S/c1-4-5-9-18(2)16(20)15-7-6-13(11-17-15)19(3)14-8-10-23(21,22)12-14/h6-7,11,14H,4-5,8-10,12H2,1-3H3. The number of amides is 1. The molecule has 2 rings (SSSR count). The van der Waals surface area contributed by atoms with Gasteiger partial charge in [0.15, 0.2) is 9.84 Å². The van der Waals surface area contributed by atoms with Gasteiger partial charge >= 0.3 is 0 Å². The van der Waals surface area contributed by atoms with Gasteiger partial charge in [-0.1, -0.05) is 13.3 Å². The number of pyridine rings is 1. The second kappa shape index (κ2) is 7.29. The number of sulfone groups is 1. The second-order valence-corrected chi connectivity index (χ2v) is 8.38. The van der Waals surface area contributed by atoms with Crippen LogP contribution in [0.25, 0.3) is 0 Å². The van der Waals surface area contributed by atoms with Crippen LogP contribution >= 0.6 is 0 Å². The summed E-state index contributed by atoms with van der Waals surface area (Å²) in [4.78, 5) is 20.1. The Hall–Kier alpha value is -1.63. The zero-order chi connectivity index (χ0) is 17.0. The molecule has 23 heavy (non-hydrogen) atoms. The Morgan fingerprint density at radius 2 is 2.09 bits per heavy atom. The van der Waals surface area contributed by atoms with E-state index < -0.39 is 9.84 Å². The van der Waals surface area contributed by atoms with E-state index in [1.807, 2.05) is 18.0 Å². The Balaban J connectivity index is 2.03. The zero-order valence-corrected chi connectivity index (χ0v) is 14.8. The van der Waals surface area contributed by atoms with Crippen LogP contribution in [-0.2, 0) is 9.84 Å². The first kappa shape index (κ1) is 17.7. The van der Waals surface area contributed by atoms with E-state index in [1.54, 1.807) is 24.2 Å². The molecular weight excluding hydrogens is 314 g/mol. The first-order valence-electron chi connectivity index (χ1n) is 7.99. The first-order chi connectivity index (χ1) is 10.8. The average Bonchev–Trinajstić information content (AvgIpc) is 2.91. The summed E-state index contributed by atoms with van der Waals surface area (Å²) < 4.78 is 23.2. The summed E-state index contributed by atoms with van der Waals surface area (Å²) in [7, 11) is 0.740. The lowest BCUT2D eigenvalue weighted by molar-refractivity contribution is 0.0787. The average molecular weight is 339 g/mol. The summed E-state index contributed by atoms with van der Waals surface area (Å²) in [5.41, 5.74) is 1.25. The minimum atomic E-state index is -2.91. The van der Waals surface area contributed by atoms with E-state index in [0.717, 1.165) is 25.1 Å². The molecular formula is C16H25N3O3S. The van der Waals surface area contributed by atoms with Gasteiger partial charge < -0.3 is 9.80 Å². The number of carbonyl (C=O) groups is 1. The topological polar surface area (TPSA) is 70.6 Å². The minimum Gasteiger partial charge on any atom is -0.369 e. The molecule has 1 aromatic heterocycles. The molecule has 1 atom stereocenters. The monoisotopic (exact) mass is 339 g/mol. The maximum atomic E-state index is 12.2. The summed E-state index contributed by atoms with van der Waals surface area (Å²) in [5.74, 6) is 0.342. The molecule has 0 radical (unpaired) electrons. The fourth-order valence-corrected chi connectivity index (χ4v) is 4.48. The molecule has 0 N–H and O–H groups in total. The molecule has 1 aliphatic rings. The molecule has 6 nitrogen and oxygen atoms in total. The number of unbranched alkanes of at least 4 members (excludes halogenated alkanes) is 1. The molecule has 1 aliphatic heterocycles. The molecule has 0 aromatic carbocycles. The van der Waals surface area contributed by atoms with E-state index in [-0.39, 0.29) is 23.5 Å². The lowest BCUT2D eigenvalue weighted by atomic mass is 10.2. The van der Waals surface area contributed by atoms with Gasteiger partial charge in [-0.25, -0.2) is 13.4 Å². The van der Waals surface area contributed by atoms with Crippen molar-refractivity contribution in [2.24, 2.45) is 0 Å². The van der Waals surface area contributed by atoms with Gasteiger partial charge in [-0.3, -0.25) is 4.79 Å². The van der Waals surface area contributed by atoms with E-state index in [4.69, 9.17) is 0 Å². The van der Waals surface area contributed by atoms with Gasteiger partial charge in [-0.15, -0.1) is 0 Å². The summed E-state index contributed by atoms with van der Waals surface area (Å²) in [6.45, 7) is 2.81. The van der Waals surface area contributed by atoms with Gasteiger partial charge in [0, 0.05) is 26.7 Å². The lowest BCUT2D eigenvalue weighted by Gasteiger charge is -2.25. The summed E-state index contributed by atoms with van der Waals surface area (Å²) in [6, 6.07) is 3.52. The van der Waals surface area contributed by atoms with Crippen molar-refractivity contribution < 1.29 is 13.2 Å². The predicted molar refractivity (Wildman–Crippen MR) is 91.6 cm³/mol. The smallest absolute Gasteiger partial charge is 0.272 e. The summed E-state index contributed by atoms with van der Waals surface area (Å²) in [5, 5.41) is 0. The molecule has 0 spiro atoms. The van der Waals surface area contributed by atoms with Crippen LogP contribution in [0.3, 0.4) is 0 Å². The number of hydrogen-bond donors (Lipinski definition) is 0. The quantitative estimate of drug-likeness (QED) is 0.787. The molecule has 0 aliphatic carbocycles. The molecule has 1 aromatic rings. The SMILES string of the molecule is CCCCN(C)C(=O)c1ccc(N(C)C2CCS(=O)(=O)C2)cn1. The third-order valence-corrected chi connectivity index (χ3v) is 6.07. The Labute approximate surface area is 138 Å². The molecule has 1 fully saturated rings. The second-order valence-electron chi connectivity index (χ2n) is 6.15. The van der Waals surface area contributed by atoms with Crippen molar-refractivity contribution >= 4 is 21.4 Å². The Kier molecular flexibility index (Phi) is 5.62. The zero-order valence-electron chi connectivity index (χ0n) is 14.0. The van der Waals surface area contributed by atoms with E-state index >= 15 is 0 Å². The van der Waals surface area contributed by atoms with Crippen LogP contribution in [0.15, 0.2) is 18.3 Å². The van der Waals surface area contributed by atoms with Crippen molar-refractivity contribution in [3.05, 3.63) is 24.0 Å². The van der Waals surface area contributed by atoms with Crippen LogP contribution in [0.5, 0.6) is 0 Å². The highest BCUT2D eigenvalue weighted by molar-refractivity contribution is 7.91. The number of anilines is 1. The number of hydrogen-bond acceptors (Lipinski definition) is 5. The Morgan fingerprint density at radius 3 is 2.61 bits per heavy atom. The number of rotatable bonds is 6. The number of aromatic nitrogens is 1. The van der Waals surface area contributed by atoms with Crippen molar-refractivity contribution in [2.75, 3.05) is 37.0 Å². The van der Waals surface area contributed by atoms with Crippen LogP contribution in [-0.4, -0.2) is 62.4 Å². The highest BCUT2D eigenvalue weighted by Gasteiger charge is 2.31. The third kappa shape index (κ3) is 4.43. The molecule has 1 saturated heterocycles. The maximum absolute atomic E-state index is 12.2. The number of carbonyl (C=O) groups excluding carboxylic acids is 1. The normalized spacial score (nSPS) is 19.5. The van der Waals surface area contributed by atoms with Crippen LogP contribution in [0, 0.1) is 0 Å². The molecule has 128 valence electrons. The van der Waals surface area contributed by atoms with E-state index in [2.05, 4.69) is 11.9 Å². The van der Waals surface area contributed by atoms with Gasteiger partial charge in [0.1, 0.15) is 5.69 Å². The third-order valence-electron chi connectivity index (χ3n) is 4.32. The van der Waals surface area contributed by atoms with Gasteiger partial charge in [-0.05, 0) is 25.0 Å². The highest BCUT2D eigenvalue weighted by Crippen LogP contribution is 2.22. The maximum Gasteiger partial charge on any atom is 0.272 e. The van der Waals surface area contributed by atoms with Gasteiger partial charge in [0.25, 0.3) is 5.91 Å². The molecule has 1 unspecified atom stereocenters. The van der Waals surface area contributed by atoms with Crippen molar-refractivity contribution in [3.63, 3.8) is 0 Å². The van der Waals surface area contributed by atoms with E-state index in [9.17, 15) is 13.2 Å². The van der Waals surface area contributed by atoms with Gasteiger partial charge in [-0.2, -0.15) is 0 Å². The van der Waals surface area contributed by atoms with Crippen LogP contribution in [0.4, 0.5) is 5.69 Å². The van der Waals surface area contributed by atoms with Crippen LogP contribution in [0.1, 0.15) is 36.7 Å². The van der Waals surface area contributed by atoms with Gasteiger partial charge in [0.2, 0.25) is 0 Å². The molecule has 0 saturated carbocycles. The molecule has 1 amide bonds. The molecule has 2 heterocycles. The summed E-state index contributed by atoms with van der Waals surface area (Å²) >= 11 is 0. The van der Waals surface area contributed by atoms with Gasteiger partial charge in [0.05, 0.1) is 23.4 Å². The highest BCUT2D eigenvalue weighted by atomic mass is 32.2.